The van der Waals surface area contributed by atoms with E-state index in [-0.39, 0.29) is 5.82 Å². The molecule has 96 valence electrons. The summed E-state index contributed by atoms with van der Waals surface area (Å²) in [5.74, 6) is 0.0711. The van der Waals surface area contributed by atoms with E-state index in [2.05, 4.69) is 10.3 Å². The van der Waals surface area contributed by atoms with E-state index in [1.807, 2.05) is 13.1 Å². The van der Waals surface area contributed by atoms with Gasteiger partial charge in [0.25, 0.3) is 0 Å². The minimum absolute atomic E-state index is 0.280. The van der Waals surface area contributed by atoms with Crippen LogP contribution >= 0.6 is 0 Å². The maximum Gasteiger partial charge on any atom is 0.170 e. The van der Waals surface area contributed by atoms with Gasteiger partial charge in [0, 0.05) is 37.5 Å². The fourth-order valence-corrected chi connectivity index (χ4v) is 1.80. The van der Waals surface area contributed by atoms with E-state index in [0.29, 0.717) is 24.5 Å². The molecule has 2 rings (SSSR count). The molecule has 18 heavy (non-hydrogen) atoms. The lowest BCUT2D eigenvalue weighted by atomic mass is 10.2. The van der Waals surface area contributed by atoms with Gasteiger partial charge in [-0.3, -0.25) is 0 Å². The topological polar surface area (TPSA) is 41.3 Å². The fraction of sp³-hybridized carbons (Fsp3) is 0.308. The highest BCUT2D eigenvalue weighted by Gasteiger charge is 2.13. The van der Waals surface area contributed by atoms with Crippen LogP contribution in [0.5, 0.6) is 0 Å². The third kappa shape index (κ3) is 2.68. The molecule has 0 radical (unpaired) electrons. The lowest BCUT2D eigenvalue weighted by Crippen LogP contribution is -2.20. The first kappa shape index (κ1) is 12.6. The molecule has 2 aromatic heterocycles. The predicted molar refractivity (Wildman–Crippen MR) is 67.8 cm³/mol. The van der Waals surface area contributed by atoms with Crippen molar-refractivity contribution < 1.29 is 8.81 Å². The molecule has 0 saturated carbocycles. The van der Waals surface area contributed by atoms with Gasteiger partial charge >= 0.3 is 0 Å². The van der Waals surface area contributed by atoms with Gasteiger partial charge in [0.05, 0.1) is 12.5 Å². The van der Waals surface area contributed by atoms with Crippen molar-refractivity contribution >= 4 is 5.82 Å². The number of hydrogen-bond donors (Lipinski definition) is 1. The molecule has 0 aliphatic heterocycles. The Balaban J connectivity index is 2.19. The first-order valence-corrected chi connectivity index (χ1v) is 5.72. The van der Waals surface area contributed by atoms with Crippen molar-refractivity contribution in [2.24, 2.45) is 0 Å². The van der Waals surface area contributed by atoms with Crippen LogP contribution in [-0.2, 0) is 13.1 Å². The smallest absolute Gasteiger partial charge is 0.170 e. The summed E-state index contributed by atoms with van der Waals surface area (Å²) in [5.41, 5.74) is 1.60. The first-order valence-electron chi connectivity index (χ1n) is 5.72. The Labute approximate surface area is 105 Å². The van der Waals surface area contributed by atoms with Crippen LogP contribution in [0, 0.1) is 5.82 Å². The molecule has 1 N–H and O–H groups in total. The van der Waals surface area contributed by atoms with Gasteiger partial charge in [-0.2, -0.15) is 0 Å². The highest BCUT2D eigenvalue weighted by molar-refractivity contribution is 5.42. The number of anilines is 1. The van der Waals surface area contributed by atoms with Gasteiger partial charge in [0.15, 0.2) is 11.6 Å². The first-order chi connectivity index (χ1) is 8.72. The van der Waals surface area contributed by atoms with Crippen molar-refractivity contribution in [1.29, 1.82) is 0 Å². The zero-order valence-electron chi connectivity index (χ0n) is 10.5. The van der Waals surface area contributed by atoms with E-state index in [9.17, 15) is 4.39 Å². The summed E-state index contributed by atoms with van der Waals surface area (Å²) >= 11 is 0. The van der Waals surface area contributed by atoms with Gasteiger partial charge in [-0.1, -0.05) is 0 Å². The molecule has 0 bridgehead atoms. The zero-order valence-corrected chi connectivity index (χ0v) is 10.5. The fourth-order valence-electron chi connectivity index (χ4n) is 1.80. The standard InChI is InChI=1S/C13H16FN3O/c1-15-7-11-3-5-16-13(12(11)14)17(2)8-10-4-6-18-9-10/h3-6,9,15H,7-8H2,1-2H3. The zero-order chi connectivity index (χ0) is 13.0. The molecule has 4 nitrogen and oxygen atoms in total. The van der Waals surface area contributed by atoms with Gasteiger partial charge in [-0.05, 0) is 19.2 Å². The van der Waals surface area contributed by atoms with Crippen molar-refractivity contribution in [2.45, 2.75) is 13.1 Å². The lowest BCUT2D eigenvalue weighted by molar-refractivity contribution is 0.562. The van der Waals surface area contributed by atoms with E-state index >= 15 is 0 Å². The summed E-state index contributed by atoms with van der Waals surface area (Å²) in [6.07, 6.45) is 4.87. The van der Waals surface area contributed by atoms with Crippen molar-refractivity contribution in [3.63, 3.8) is 0 Å². The Kier molecular flexibility index (Phi) is 3.94. The third-order valence-electron chi connectivity index (χ3n) is 2.68. The van der Waals surface area contributed by atoms with Gasteiger partial charge in [-0.15, -0.1) is 0 Å². The van der Waals surface area contributed by atoms with Crippen LogP contribution in [0.2, 0.25) is 0 Å². The van der Waals surface area contributed by atoms with Crippen LogP contribution in [0.4, 0.5) is 10.2 Å². The molecule has 0 spiro atoms. The molecule has 5 heteroatoms. The minimum Gasteiger partial charge on any atom is -0.472 e. The summed E-state index contributed by atoms with van der Waals surface area (Å²) in [6.45, 7) is 1.05. The number of pyridine rings is 1. The second-order valence-corrected chi connectivity index (χ2v) is 4.13. The molecule has 0 saturated heterocycles. The number of rotatable bonds is 5. The largest absolute Gasteiger partial charge is 0.472 e. The second kappa shape index (κ2) is 5.64. The Morgan fingerprint density at radius 2 is 2.28 bits per heavy atom. The van der Waals surface area contributed by atoms with Gasteiger partial charge < -0.3 is 14.6 Å². The molecule has 2 aromatic rings. The van der Waals surface area contributed by atoms with E-state index in [1.54, 1.807) is 36.7 Å². The molecular formula is C13H16FN3O. The number of furan rings is 1. The Hall–Kier alpha value is -1.88. The van der Waals surface area contributed by atoms with Crippen LogP contribution in [0.25, 0.3) is 0 Å². The normalized spacial score (nSPS) is 10.6. The van der Waals surface area contributed by atoms with E-state index < -0.39 is 0 Å². The summed E-state index contributed by atoms with van der Waals surface area (Å²) in [4.78, 5) is 5.86. The molecular weight excluding hydrogens is 233 g/mol. The Morgan fingerprint density at radius 3 is 2.94 bits per heavy atom. The van der Waals surface area contributed by atoms with Crippen LogP contribution in [0.1, 0.15) is 11.1 Å². The molecule has 0 aromatic carbocycles. The number of hydrogen-bond acceptors (Lipinski definition) is 4. The third-order valence-corrected chi connectivity index (χ3v) is 2.68. The maximum absolute atomic E-state index is 14.2. The highest BCUT2D eigenvalue weighted by atomic mass is 19.1. The van der Waals surface area contributed by atoms with E-state index in [4.69, 9.17) is 4.42 Å². The van der Waals surface area contributed by atoms with Crippen LogP contribution in [0.15, 0.2) is 35.3 Å². The highest BCUT2D eigenvalue weighted by Crippen LogP contribution is 2.20. The maximum atomic E-state index is 14.2. The predicted octanol–water partition coefficient (Wildman–Crippen LogP) is 2.17. The van der Waals surface area contributed by atoms with Crippen LogP contribution < -0.4 is 10.2 Å². The molecule has 0 aliphatic carbocycles. The van der Waals surface area contributed by atoms with Crippen molar-refractivity contribution in [3.05, 3.63) is 47.8 Å². The molecule has 0 atom stereocenters. The second-order valence-electron chi connectivity index (χ2n) is 4.13. The van der Waals surface area contributed by atoms with E-state index in [1.165, 1.54) is 0 Å². The summed E-state index contributed by atoms with van der Waals surface area (Å²) in [5, 5.41) is 2.94. The minimum atomic E-state index is -0.280. The summed E-state index contributed by atoms with van der Waals surface area (Å²) in [6, 6.07) is 3.53. The Morgan fingerprint density at radius 1 is 1.44 bits per heavy atom. The average molecular weight is 249 g/mol. The quantitative estimate of drug-likeness (QED) is 0.881. The van der Waals surface area contributed by atoms with Crippen molar-refractivity contribution in [1.82, 2.24) is 10.3 Å². The van der Waals surface area contributed by atoms with Crippen molar-refractivity contribution in [2.75, 3.05) is 19.0 Å². The van der Waals surface area contributed by atoms with Gasteiger partial charge in [0.1, 0.15) is 0 Å². The van der Waals surface area contributed by atoms with Gasteiger partial charge in [-0.25, -0.2) is 9.37 Å². The number of nitrogens with zero attached hydrogens (tertiary/aromatic N) is 2. The summed E-state index contributed by atoms with van der Waals surface area (Å²) in [7, 11) is 3.59. The molecule has 0 unspecified atom stereocenters. The summed E-state index contributed by atoms with van der Waals surface area (Å²) < 4.78 is 19.2. The monoisotopic (exact) mass is 249 g/mol. The van der Waals surface area contributed by atoms with Crippen LogP contribution in [0.3, 0.4) is 0 Å². The van der Waals surface area contributed by atoms with E-state index in [0.717, 1.165) is 5.56 Å². The molecule has 0 amide bonds. The average Bonchev–Trinajstić information content (AvgIpc) is 2.85. The van der Waals surface area contributed by atoms with Crippen molar-refractivity contribution in [3.8, 4) is 0 Å². The molecule has 0 aliphatic rings. The van der Waals surface area contributed by atoms with Gasteiger partial charge in [0.2, 0.25) is 0 Å². The molecule has 2 heterocycles. The lowest BCUT2D eigenvalue weighted by Gasteiger charge is -2.19. The molecule has 0 fully saturated rings. The number of halogens is 1. The van der Waals surface area contributed by atoms with Crippen LogP contribution in [-0.4, -0.2) is 19.1 Å². The Bertz CT molecular complexity index is 499. The SMILES string of the molecule is CNCc1ccnc(N(C)Cc2ccoc2)c1F. The number of nitrogens with one attached hydrogen (secondary N) is 1. The number of aromatic nitrogens is 1.